The number of halogens is 1. The lowest BCUT2D eigenvalue weighted by Gasteiger charge is -2.10. The predicted molar refractivity (Wildman–Crippen MR) is 121 cm³/mol. The monoisotopic (exact) mass is 442 g/mol. The molecule has 0 radical (unpaired) electrons. The van der Waals surface area contributed by atoms with Crippen LogP contribution in [0.2, 0.25) is 5.02 Å². The number of nitrogens with one attached hydrogen (secondary N) is 1. The maximum Gasteiger partial charge on any atom is 0.261 e. The molecule has 0 saturated carbocycles. The van der Waals surface area contributed by atoms with Crippen molar-refractivity contribution < 1.29 is 8.42 Å². The Morgan fingerprint density at radius 2 is 1.79 bits per heavy atom. The van der Waals surface area contributed by atoms with E-state index in [2.05, 4.69) is 16.6 Å². The number of nitrogens with zero attached hydrogens (tertiary/aromatic N) is 1. The fourth-order valence-electron chi connectivity index (χ4n) is 3.08. The van der Waals surface area contributed by atoms with Gasteiger partial charge in [0, 0.05) is 5.56 Å². The highest BCUT2D eigenvalue weighted by Gasteiger charge is 2.16. The van der Waals surface area contributed by atoms with E-state index in [4.69, 9.17) is 11.6 Å². The average Bonchev–Trinajstić information content (AvgIpc) is 3.12. The first-order valence-corrected chi connectivity index (χ1v) is 11.9. The smallest absolute Gasteiger partial charge is 0.261 e. The SMILES string of the molecule is CCCc1ccc(S(=O)(=O)Nc2ccc(-c3nc4ccccc4s3)c(Cl)c2)cc1. The fraction of sp³-hybridized carbons (Fsp3) is 0.136. The van der Waals surface area contributed by atoms with Crippen LogP contribution >= 0.6 is 22.9 Å². The van der Waals surface area contributed by atoms with Gasteiger partial charge in [0.15, 0.2) is 0 Å². The van der Waals surface area contributed by atoms with E-state index in [-0.39, 0.29) is 4.90 Å². The van der Waals surface area contributed by atoms with E-state index < -0.39 is 10.0 Å². The number of fused-ring (bicyclic) bond motifs is 1. The molecule has 0 aliphatic rings. The van der Waals surface area contributed by atoms with Gasteiger partial charge in [-0.15, -0.1) is 11.3 Å². The molecule has 4 nitrogen and oxygen atoms in total. The molecule has 29 heavy (non-hydrogen) atoms. The number of hydrogen-bond donors (Lipinski definition) is 1. The molecule has 1 aromatic heterocycles. The molecule has 0 aliphatic carbocycles. The van der Waals surface area contributed by atoms with Gasteiger partial charge >= 0.3 is 0 Å². The van der Waals surface area contributed by atoms with E-state index in [1.54, 1.807) is 41.7 Å². The highest BCUT2D eigenvalue weighted by Crippen LogP contribution is 2.36. The van der Waals surface area contributed by atoms with Crippen LogP contribution < -0.4 is 4.72 Å². The summed E-state index contributed by atoms with van der Waals surface area (Å²) in [4.78, 5) is 4.84. The Balaban J connectivity index is 1.58. The quantitative estimate of drug-likeness (QED) is 0.377. The molecular weight excluding hydrogens is 424 g/mol. The van der Waals surface area contributed by atoms with Gasteiger partial charge in [-0.05, 0) is 54.4 Å². The van der Waals surface area contributed by atoms with E-state index in [1.165, 1.54) is 0 Å². The minimum absolute atomic E-state index is 0.226. The van der Waals surface area contributed by atoms with Gasteiger partial charge in [-0.25, -0.2) is 13.4 Å². The normalized spacial score (nSPS) is 11.7. The van der Waals surface area contributed by atoms with Crippen LogP contribution in [-0.4, -0.2) is 13.4 Å². The first-order chi connectivity index (χ1) is 14.0. The Morgan fingerprint density at radius 1 is 1.03 bits per heavy atom. The molecule has 0 fully saturated rings. The van der Waals surface area contributed by atoms with Crippen LogP contribution in [0.1, 0.15) is 18.9 Å². The third-order valence-electron chi connectivity index (χ3n) is 4.52. The van der Waals surface area contributed by atoms with E-state index in [0.717, 1.165) is 39.2 Å². The van der Waals surface area contributed by atoms with Gasteiger partial charge in [0.05, 0.1) is 25.8 Å². The van der Waals surface area contributed by atoms with Gasteiger partial charge in [-0.3, -0.25) is 4.72 Å². The van der Waals surface area contributed by atoms with Crippen LogP contribution in [0, 0.1) is 0 Å². The van der Waals surface area contributed by atoms with Gasteiger partial charge in [-0.2, -0.15) is 0 Å². The number of aryl methyl sites for hydroxylation is 1. The molecule has 0 spiro atoms. The minimum Gasteiger partial charge on any atom is -0.280 e. The molecule has 1 N–H and O–H groups in total. The Labute approximate surface area is 179 Å². The van der Waals surface area contributed by atoms with Crippen molar-refractivity contribution in [3.05, 3.63) is 77.3 Å². The third-order valence-corrected chi connectivity index (χ3v) is 7.30. The van der Waals surface area contributed by atoms with Crippen molar-refractivity contribution in [1.29, 1.82) is 0 Å². The van der Waals surface area contributed by atoms with Crippen LogP contribution in [0.25, 0.3) is 20.8 Å². The van der Waals surface area contributed by atoms with Crippen LogP contribution in [0.4, 0.5) is 5.69 Å². The van der Waals surface area contributed by atoms with Crippen molar-refractivity contribution in [1.82, 2.24) is 4.98 Å². The van der Waals surface area contributed by atoms with Crippen molar-refractivity contribution >= 4 is 48.9 Å². The van der Waals surface area contributed by atoms with Gasteiger partial charge < -0.3 is 0 Å². The summed E-state index contributed by atoms with van der Waals surface area (Å²) >= 11 is 8.01. The highest BCUT2D eigenvalue weighted by atomic mass is 35.5. The second-order valence-corrected chi connectivity index (χ2v) is 9.80. The van der Waals surface area contributed by atoms with Crippen LogP contribution in [0.5, 0.6) is 0 Å². The Bertz CT molecular complexity index is 1230. The van der Waals surface area contributed by atoms with Crippen molar-refractivity contribution in [2.24, 2.45) is 0 Å². The summed E-state index contributed by atoms with van der Waals surface area (Å²) in [5, 5.41) is 1.25. The topological polar surface area (TPSA) is 59.1 Å². The summed E-state index contributed by atoms with van der Waals surface area (Å²) in [6.45, 7) is 2.09. The van der Waals surface area contributed by atoms with Crippen LogP contribution in [0.3, 0.4) is 0 Å². The second-order valence-electron chi connectivity index (χ2n) is 6.68. The lowest BCUT2D eigenvalue weighted by Crippen LogP contribution is -2.13. The molecule has 0 aliphatic heterocycles. The van der Waals surface area contributed by atoms with Crippen molar-refractivity contribution in [3.63, 3.8) is 0 Å². The largest absolute Gasteiger partial charge is 0.280 e. The van der Waals surface area contributed by atoms with E-state index in [0.29, 0.717) is 10.7 Å². The molecule has 7 heteroatoms. The maximum absolute atomic E-state index is 12.7. The molecule has 0 atom stereocenters. The summed E-state index contributed by atoms with van der Waals surface area (Å²) in [6.07, 6.45) is 1.94. The molecule has 4 rings (SSSR count). The average molecular weight is 443 g/mol. The zero-order valence-corrected chi connectivity index (χ0v) is 18.1. The molecule has 3 aromatic carbocycles. The molecule has 4 aromatic rings. The lowest BCUT2D eigenvalue weighted by atomic mass is 10.1. The number of thiazole rings is 1. The fourth-order valence-corrected chi connectivity index (χ4v) is 5.46. The number of para-hydroxylation sites is 1. The molecule has 0 bridgehead atoms. The van der Waals surface area contributed by atoms with Gasteiger partial charge in [-0.1, -0.05) is 49.2 Å². The molecule has 0 saturated heterocycles. The first kappa shape index (κ1) is 19.9. The van der Waals surface area contributed by atoms with Gasteiger partial charge in [0.25, 0.3) is 10.0 Å². The van der Waals surface area contributed by atoms with Crippen molar-refractivity contribution in [2.45, 2.75) is 24.7 Å². The second kappa shape index (κ2) is 8.14. The lowest BCUT2D eigenvalue weighted by molar-refractivity contribution is 0.601. The Kier molecular flexibility index (Phi) is 5.58. The standard InChI is InChI=1S/C22H19ClN2O2S2/c1-2-5-15-8-11-17(12-9-15)29(26,27)25-16-10-13-18(19(23)14-16)22-24-20-6-3-4-7-21(20)28-22/h3-4,6-14,25H,2,5H2,1H3. The van der Waals surface area contributed by atoms with E-state index in [9.17, 15) is 8.42 Å². The van der Waals surface area contributed by atoms with Crippen molar-refractivity contribution in [2.75, 3.05) is 4.72 Å². The summed E-state index contributed by atoms with van der Waals surface area (Å²) in [6, 6.07) is 20.0. The summed E-state index contributed by atoms with van der Waals surface area (Å²) in [7, 11) is -3.68. The predicted octanol–water partition coefficient (Wildman–Crippen LogP) is 6.37. The first-order valence-electron chi connectivity index (χ1n) is 9.23. The summed E-state index contributed by atoms with van der Waals surface area (Å²) in [5.74, 6) is 0. The van der Waals surface area contributed by atoms with Crippen LogP contribution in [-0.2, 0) is 16.4 Å². The maximum atomic E-state index is 12.7. The molecule has 0 unspecified atom stereocenters. The number of rotatable bonds is 6. The summed E-state index contributed by atoms with van der Waals surface area (Å²) in [5.41, 5.74) is 3.23. The van der Waals surface area contributed by atoms with Crippen LogP contribution in [0.15, 0.2) is 71.6 Å². The number of aromatic nitrogens is 1. The number of sulfonamides is 1. The van der Waals surface area contributed by atoms with Gasteiger partial charge in [0.2, 0.25) is 0 Å². The third kappa shape index (κ3) is 4.29. The molecule has 1 heterocycles. The number of hydrogen-bond acceptors (Lipinski definition) is 4. The van der Waals surface area contributed by atoms with Crippen molar-refractivity contribution in [3.8, 4) is 10.6 Å². The number of anilines is 1. The Hall–Kier alpha value is -2.41. The van der Waals surface area contributed by atoms with E-state index >= 15 is 0 Å². The Morgan fingerprint density at radius 3 is 2.48 bits per heavy atom. The summed E-state index contributed by atoms with van der Waals surface area (Å²) < 4.78 is 29.1. The minimum atomic E-state index is -3.68. The molecule has 148 valence electrons. The van der Waals surface area contributed by atoms with E-state index in [1.807, 2.05) is 36.4 Å². The zero-order chi connectivity index (χ0) is 20.4. The molecular formula is C22H19ClN2O2S2. The molecule has 0 amide bonds. The highest BCUT2D eigenvalue weighted by molar-refractivity contribution is 7.92. The van der Waals surface area contributed by atoms with Gasteiger partial charge in [0.1, 0.15) is 5.01 Å². The zero-order valence-electron chi connectivity index (χ0n) is 15.7. The number of benzene rings is 3.